The average molecular weight is 407 g/mol. The third-order valence-electron chi connectivity index (χ3n) is 4.71. The van der Waals surface area contributed by atoms with Gasteiger partial charge in [0.05, 0.1) is 38.4 Å². The second-order valence-electron chi connectivity index (χ2n) is 6.91. The summed E-state index contributed by atoms with van der Waals surface area (Å²) in [7, 11) is 1.53. The molecule has 1 fully saturated rings. The molecule has 0 aliphatic carbocycles. The fourth-order valence-corrected chi connectivity index (χ4v) is 3.28. The zero-order valence-electron chi connectivity index (χ0n) is 16.1. The summed E-state index contributed by atoms with van der Waals surface area (Å²) in [6.45, 7) is 0.961. The van der Waals surface area contributed by atoms with E-state index in [1.54, 1.807) is 0 Å². The molecule has 10 heteroatoms. The van der Waals surface area contributed by atoms with Crippen molar-refractivity contribution in [3.8, 4) is 0 Å². The minimum absolute atomic E-state index is 0.00372. The predicted octanol–water partition coefficient (Wildman–Crippen LogP) is 0.975. The molecule has 1 aromatic carbocycles. The van der Waals surface area contributed by atoms with Crippen molar-refractivity contribution in [3.63, 3.8) is 0 Å². The molecule has 8 nitrogen and oxygen atoms in total. The van der Waals surface area contributed by atoms with E-state index in [1.807, 2.05) is 0 Å². The smallest absolute Gasteiger partial charge is 0.273 e. The Balaban J connectivity index is 1.61. The third-order valence-corrected chi connectivity index (χ3v) is 4.71. The van der Waals surface area contributed by atoms with Gasteiger partial charge >= 0.3 is 0 Å². The van der Waals surface area contributed by atoms with E-state index in [0.717, 1.165) is 0 Å². The van der Waals surface area contributed by atoms with Gasteiger partial charge in [0.2, 0.25) is 5.91 Å². The zero-order valence-corrected chi connectivity index (χ0v) is 16.1. The van der Waals surface area contributed by atoms with Crippen LogP contribution in [0.4, 0.5) is 8.78 Å². The van der Waals surface area contributed by atoms with Crippen molar-refractivity contribution in [2.75, 3.05) is 26.8 Å². The highest BCUT2D eigenvalue weighted by atomic mass is 19.1. The summed E-state index contributed by atoms with van der Waals surface area (Å²) < 4.78 is 33.4. The van der Waals surface area contributed by atoms with Crippen LogP contribution in [0.15, 0.2) is 30.5 Å². The number of carbonyl (C=O) groups is 2. The number of halogens is 2. The van der Waals surface area contributed by atoms with Gasteiger partial charge in [-0.2, -0.15) is 0 Å². The van der Waals surface area contributed by atoms with Gasteiger partial charge in [-0.15, -0.1) is 5.10 Å². The number of nitrogens with zero attached hydrogens (tertiary/aromatic N) is 4. The first-order valence-electron chi connectivity index (χ1n) is 9.31. The van der Waals surface area contributed by atoms with E-state index in [0.29, 0.717) is 18.7 Å². The largest absolute Gasteiger partial charge is 0.383 e. The summed E-state index contributed by atoms with van der Waals surface area (Å²) >= 11 is 0. The average Bonchev–Trinajstić information content (AvgIpc) is 3.30. The highest BCUT2D eigenvalue weighted by Crippen LogP contribution is 2.23. The number of hydrogen-bond acceptors (Lipinski definition) is 5. The van der Waals surface area contributed by atoms with E-state index in [2.05, 4.69) is 15.6 Å². The van der Waals surface area contributed by atoms with Crippen LogP contribution in [-0.2, 0) is 22.5 Å². The third kappa shape index (κ3) is 5.57. The number of alkyl halides is 1. The molecule has 1 saturated heterocycles. The number of likely N-dealkylation sites (tertiary alicyclic amines) is 1. The number of carbonyl (C=O) groups excluding carboxylic acids is 2. The Bertz CT molecular complexity index is 843. The number of hydrogen-bond donors (Lipinski definition) is 1. The molecule has 3 rings (SSSR count). The summed E-state index contributed by atoms with van der Waals surface area (Å²) in [4.78, 5) is 26.1. The Labute approximate surface area is 166 Å². The Morgan fingerprint density at radius 3 is 2.79 bits per heavy atom. The normalized spacial score (nSPS) is 18.8. The van der Waals surface area contributed by atoms with Crippen LogP contribution in [0.1, 0.15) is 22.5 Å². The Morgan fingerprint density at radius 1 is 1.31 bits per heavy atom. The van der Waals surface area contributed by atoms with Gasteiger partial charge < -0.3 is 15.0 Å². The zero-order chi connectivity index (χ0) is 20.8. The van der Waals surface area contributed by atoms with Gasteiger partial charge in [0.1, 0.15) is 12.0 Å². The van der Waals surface area contributed by atoms with Gasteiger partial charge in [-0.05, 0) is 17.7 Å². The van der Waals surface area contributed by atoms with Crippen molar-refractivity contribution in [3.05, 3.63) is 47.5 Å². The highest BCUT2D eigenvalue weighted by Gasteiger charge is 2.35. The second-order valence-corrected chi connectivity index (χ2v) is 6.91. The number of amides is 2. The maximum atomic E-state index is 14.0. The molecule has 2 heterocycles. The number of methoxy groups -OCH3 is 1. The molecule has 0 spiro atoms. The van der Waals surface area contributed by atoms with E-state index in [-0.39, 0.29) is 49.3 Å². The Hall–Kier alpha value is -2.88. The molecule has 2 amide bonds. The monoisotopic (exact) mass is 407 g/mol. The minimum Gasteiger partial charge on any atom is -0.383 e. The molecule has 0 bridgehead atoms. The van der Waals surface area contributed by atoms with Crippen LogP contribution >= 0.6 is 0 Å². The predicted molar refractivity (Wildman–Crippen MR) is 99.3 cm³/mol. The number of rotatable bonds is 8. The molecule has 1 N–H and O–H groups in total. The summed E-state index contributed by atoms with van der Waals surface area (Å²) in [6, 6.07) is 5.26. The van der Waals surface area contributed by atoms with Crippen molar-refractivity contribution < 1.29 is 23.1 Å². The fourth-order valence-electron chi connectivity index (χ4n) is 3.28. The lowest BCUT2D eigenvalue weighted by atomic mass is 10.1. The van der Waals surface area contributed by atoms with Gasteiger partial charge in [-0.3, -0.25) is 9.59 Å². The van der Waals surface area contributed by atoms with E-state index < -0.39 is 12.2 Å². The van der Waals surface area contributed by atoms with E-state index in [4.69, 9.17) is 4.74 Å². The molecule has 2 atom stereocenters. The van der Waals surface area contributed by atoms with Crippen LogP contribution in [0.25, 0.3) is 0 Å². The molecule has 2 aromatic rings. The van der Waals surface area contributed by atoms with Crippen LogP contribution < -0.4 is 5.32 Å². The topological polar surface area (TPSA) is 89.4 Å². The van der Waals surface area contributed by atoms with Crippen molar-refractivity contribution in [2.24, 2.45) is 0 Å². The maximum Gasteiger partial charge on any atom is 0.273 e. The molecule has 1 aliphatic rings. The lowest BCUT2D eigenvalue weighted by Gasteiger charge is -2.24. The first kappa shape index (κ1) is 20.8. The van der Waals surface area contributed by atoms with Crippen molar-refractivity contribution >= 4 is 11.8 Å². The van der Waals surface area contributed by atoms with E-state index in [9.17, 15) is 18.4 Å². The van der Waals surface area contributed by atoms with Crippen LogP contribution in [0.3, 0.4) is 0 Å². The molecular weight excluding hydrogens is 384 g/mol. The van der Waals surface area contributed by atoms with Gasteiger partial charge in [0.15, 0.2) is 5.69 Å². The van der Waals surface area contributed by atoms with E-state index >= 15 is 0 Å². The van der Waals surface area contributed by atoms with Crippen LogP contribution in [0, 0.1) is 5.82 Å². The molecule has 0 saturated carbocycles. The van der Waals surface area contributed by atoms with Gasteiger partial charge in [0, 0.05) is 20.1 Å². The standard InChI is InChI=1S/C19H23F2N5O3/c1-29-7-6-22-19(28)17-12-25(24-23-17)11-16-9-15(21)10-26(16)18(27)8-13-2-4-14(20)5-3-13/h2-5,12,15-16H,6-11H2,1H3,(H,22,28). The highest BCUT2D eigenvalue weighted by molar-refractivity contribution is 5.91. The summed E-state index contributed by atoms with van der Waals surface area (Å²) in [5.74, 6) is -0.996. The van der Waals surface area contributed by atoms with Crippen molar-refractivity contribution in [2.45, 2.75) is 31.6 Å². The van der Waals surface area contributed by atoms with Crippen molar-refractivity contribution in [1.29, 1.82) is 0 Å². The molecule has 29 heavy (non-hydrogen) atoms. The summed E-state index contributed by atoms with van der Waals surface area (Å²) in [5, 5.41) is 10.4. The molecule has 0 radical (unpaired) electrons. The van der Waals surface area contributed by atoms with E-state index in [1.165, 1.54) is 47.2 Å². The first-order valence-corrected chi connectivity index (χ1v) is 9.31. The molecule has 1 aliphatic heterocycles. The minimum atomic E-state index is -1.13. The summed E-state index contributed by atoms with van der Waals surface area (Å²) in [5.41, 5.74) is 0.799. The second kappa shape index (κ2) is 9.55. The lowest BCUT2D eigenvalue weighted by Crippen LogP contribution is -2.39. The number of nitrogens with one attached hydrogen (secondary N) is 1. The fraction of sp³-hybridized carbons (Fsp3) is 0.474. The Kier molecular flexibility index (Phi) is 6.86. The SMILES string of the molecule is COCCNC(=O)c1cn(CC2CC(F)CN2C(=O)Cc2ccc(F)cc2)nn1. The molecule has 156 valence electrons. The van der Waals surface area contributed by atoms with Crippen LogP contribution in [0.5, 0.6) is 0 Å². The number of aromatic nitrogens is 3. The van der Waals surface area contributed by atoms with Gasteiger partial charge in [-0.25, -0.2) is 13.5 Å². The molecule has 1 aromatic heterocycles. The number of benzene rings is 1. The van der Waals surface area contributed by atoms with Gasteiger partial charge in [0.25, 0.3) is 5.91 Å². The molecule has 2 unspecified atom stereocenters. The number of ether oxygens (including phenoxy) is 1. The van der Waals surface area contributed by atoms with Gasteiger partial charge in [-0.1, -0.05) is 17.3 Å². The quantitative estimate of drug-likeness (QED) is 0.659. The Morgan fingerprint density at radius 2 is 2.07 bits per heavy atom. The first-order chi connectivity index (χ1) is 14.0. The van der Waals surface area contributed by atoms with Crippen LogP contribution in [0.2, 0.25) is 0 Å². The summed E-state index contributed by atoms with van der Waals surface area (Å²) in [6.07, 6.45) is 0.590. The van der Waals surface area contributed by atoms with Crippen LogP contribution in [-0.4, -0.2) is 70.7 Å². The maximum absolute atomic E-state index is 14.0. The van der Waals surface area contributed by atoms with Crippen molar-refractivity contribution in [1.82, 2.24) is 25.2 Å². The molecular formula is C19H23F2N5O3. The lowest BCUT2D eigenvalue weighted by molar-refractivity contribution is -0.131.